The van der Waals surface area contributed by atoms with Crippen molar-refractivity contribution in [1.82, 2.24) is 10.3 Å². The first-order chi connectivity index (χ1) is 12.0. The molecule has 6 nitrogen and oxygen atoms in total. The van der Waals surface area contributed by atoms with Crippen molar-refractivity contribution < 1.29 is 22.3 Å². The summed E-state index contributed by atoms with van der Waals surface area (Å²) in [5, 5.41) is 0. The number of ether oxygens (including phenoxy) is 1. The van der Waals surface area contributed by atoms with Gasteiger partial charge in [0, 0.05) is 0 Å². The lowest BCUT2D eigenvalue weighted by Crippen LogP contribution is -2.43. The number of carbonyl (C=O) groups excluding carboxylic acids is 1. The zero-order valence-electron chi connectivity index (χ0n) is 13.3. The maximum absolute atomic E-state index is 13.4. The van der Waals surface area contributed by atoms with Gasteiger partial charge in [-0.1, -0.05) is 18.2 Å². The van der Waals surface area contributed by atoms with E-state index in [1.54, 1.807) is 18.2 Å². The van der Waals surface area contributed by atoms with Crippen LogP contribution < -0.4 is 15.0 Å². The molecule has 0 aliphatic heterocycles. The van der Waals surface area contributed by atoms with Crippen molar-refractivity contribution >= 4 is 15.9 Å². The van der Waals surface area contributed by atoms with Gasteiger partial charge in [0.1, 0.15) is 0 Å². The van der Waals surface area contributed by atoms with Crippen LogP contribution in [0.4, 0.5) is 4.39 Å². The SMILES string of the molecule is O=C(COc1ccccc1F)NNS(=O)(=O)c1ccc2c(c1)CCC2. The summed E-state index contributed by atoms with van der Waals surface area (Å²) < 4.78 is 42.9. The van der Waals surface area contributed by atoms with E-state index < -0.39 is 28.4 Å². The van der Waals surface area contributed by atoms with Crippen LogP contribution in [0.15, 0.2) is 47.4 Å². The molecule has 2 aromatic carbocycles. The molecule has 0 fully saturated rings. The monoisotopic (exact) mass is 364 g/mol. The highest BCUT2D eigenvalue weighted by Gasteiger charge is 2.19. The molecular weight excluding hydrogens is 347 g/mol. The number of sulfonamides is 1. The summed E-state index contributed by atoms with van der Waals surface area (Å²) in [6.07, 6.45) is 2.81. The molecule has 0 unspecified atom stereocenters. The number of benzene rings is 2. The number of halogens is 1. The summed E-state index contributed by atoms with van der Waals surface area (Å²) >= 11 is 0. The number of hydrogen-bond acceptors (Lipinski definition) is 4. The summed E-state index contributed by atoms with van der Waals surface area (Å²) in [4.78, 5) is 13.8. The molecule has 0 saturated heterocycles. The number of amides is 1. The van der Waals surface area contributed by atoms with Gasteiger partial charge in [-0.15, -0.1) is 4.83 Å². The molecule has 8 heteroatoms. The second kappa shape index (κ2) is 7.20. The molecular formula is C17H17FN2O4S. The lowest BCUT2D eigenvalue weighted by Gasteiger charge is -2.10. The van der Waals surface area contributed by atoms with Crippen LogP contribution in [-0.2, 0) is 27.7 Å². The molecule has 0 radical (unpaired) electrons. The van der Waals surface area contributed by atoms with Gasteiger partial charge in [-0.3, -0.25) is 10.2 Å². The molecule has 25 heavy (non-hydrogen) atoms. The van der Waals surface area contributed by atoms with Gasteiger partial charge in [-0.05, 0) is 54.7 Å². The summed E-state index contributed by atoms with van der Waals surface area (Å²) in [6, 6.07) is 10.5. The lowest BCUT2D eigenvalue weighted by atomic mass is 10.1. The second-order valence-electron chi connectivity index (χ2n) is 5.66. The standard InChI is InChI=1S/C17H17FN2O4S/c18-15-6-1-2-7-16(15)24-11-17(21)19-20-25(22,23)14-9-8-12-4-3-5-13(12)10-14/h1-2,6-10,20H,3-5,11H2,(H,19,21). The molecule has 132 valence electrons. The molecule has 0 aromatic heterocycles. The van der Waals surface area contributed by atoms with Crippen LogP contribution in [0.1, 0.15) is 17.5 Å². The maximum Gasteiger partial charge on any atom is 0.272 e. The molecule has 0 bridgehead atoms. The van der Waals surface area contributed by atoms with Crippen LogP contribution in [0.2, 0.25) is 0 Å². The Morgan fingerprint density at radius 1 is 1.12 bits per heavy atom. The van der Waals surface area contributed by atoms with E-state index in [4.69, 9.17) is 4.74 Å². The predicted molar refractivity (Wildman–Crippen MR) is 88.8 cm³/mol. The molecule has 1 aliphatic carbocycles. The van der Waals surface area contributed by atoms with Crippen LogP contribution in [0.5, 0.6) is 5.75 Å². The van der Waals surface area contributed by atoms with Crippen LogP contribution >= 0.6 is 0 Å². The zero-order chi connectivity index (χ0) is 17.9. The fourth-order valence-corrected chi connectivity index (χ4v) is 3.55. The van der Waals surface area contributed by atoms with Crippen molar-refractivity contribution in [2.24, 2.45) is 0 Å². The largest absolute Gasteiger partial charge is 0.481 e. The Bertz CT molecular complexity index is 899. The first kappa shape index (κ1) is 17.4. The third-order valence-electron chi connectivity index (χ3n) is 3.90. The van der Waals surface area contributed by atoms with Gasteiger partial charge in [-0.25, -0.2) is 12.8 Å². The Morgan fingerprint density at radius 3 is 2.68 bits per heavy atom. The average Bonchev–Trinajstić information content (AvgIpc) is 3.07. The molecule has 1 aliphatic rings. The smallest absolute Gasteiger partial charge is 0.272 e. The molecule has 0 heterocycles. The lowest BCUT2D eigenvalue weighted by molar-refractivity contribution is -0.123. The van der Waals surface area contributed by atoms with Gasteiger partial charge in [0.2, 0.25) is 0 Å². The first-order valence-electron chi connectivity index (χ1n) is 7.75. The molecule has 3 rings (SSSR count). The highest BCUT2D eigenvalue weighted by atomic mass is 32.2. The van der Waals surface area contributed by atoms with E-state index in [0.717, 1.165) is 30.4 Å². The zero-order valence-corrected chi connectivity index (χ0v) is 14.1. The third kappa shape index (κ3) is 4.15. The van der Waals surface area contributed by atoms with Crippen molar-refractivity contribution in [2.75, 3.05) is 6.61 Å². The second-order valence-corrected chi connectivity index (χ2v) is 7.34. The van der Waals surface area contributed by atoms with Crippen molar-refractivity contribution in [1.29, 1.82) is 0 Å². The van der Waals surface area contributed by atoms with Crippen molar-refractivity contribution in [3.8, 4) is 5.75 Å². The van der Waals surface area contributed by atoms with Gasteiger partial charge >= 0.3 is 0 Å². The van der Waals surface area contributed by atoms with Crippen LogP contribution in [0, 0.1) is 5.82 Å². The van der Waals surface area contributed by atoms with E-state index >= 15 is 0 Å². The number of hydrogen-bond donors (Lipinski definition) is 2. The predicted octanol–water partition coefficient (Wildman–Crippen LogP) is 1.70. The minimum absolute atomic E-state index is 0.0841. The van der Waals surface area contributed by atoms with Crippen LogP contribution in [-0.4, -0.2) is 20.9 Å². The Morgan fingerprint density at radius 2 is 1.88 bits per heavy atom. The van der Waals surface area contributed by atoms with Gasteiger partial charge < -0.3 is 4.74 Å². The molecule has 2 N–H and O–H groups in total. The summed E-state index contributed by atoms with van der Waals surface area (Å²) in [5.41, 5.74) is 4.22. The third-order valence-corrected chi connectivity index (χ3v) is 5.15. The normalized spacial score (nSPS) is 13.3. The molecule has 1 amide bonds. The summed E-state index contributed by atoms with van der Waals surface area (Å²) in [5.74, 6) is -1.43. The van der Waals surface area contributed by atoms with Crippen molar-refractivity contribution in [3.05, 3.63) is 59.4 Å². The summed E-state index contributed by atoms with van der Waals surface area (Å²) in [6.45, 7) is -0.520. The Labute approximate surface area is 145 Å². The van der Waals surface area contributed by atoms with Crippen molar-refractivity contribution in [3.63, 3.8) is 0 Å². The maximum atomic E-state index is 13.4. The Balaban J connectivity index is 1.57. The first-order valence-corrected chi connectivity index (χ1v) is 9.24. The fourth-order valence-electron chi connectivity index (χ4n) is 2.64. The van der Waals surface area contributed by atoms with E-state index in [-0.39, 0.29) is 10.6 Å². The summed E-state index contributed by atoms with van der Waals surface area (Å²) in [7, 11) is -3.88. The quantitative estimate of drug-likeness (QED) is 0.764. The average molecular weight is 364 g/mol. The van der Waals surface area contributed by atoms with Crippen LogP contribution in [0.3, 0.4) is 0 Å². The number of nitrogens with one attached hydrogen (secondary N) is 2. The molecule has 0 spiro atoms. The van der Waals surface area contributed by atoms with E-state index in [0.29, 0.717) is 0 Å². The van der Waals surface area contributed by atoms with Gasteiger partial charge in [0.25, 0.3) is 15.9 Å². The number of hydrazine groups is 1. The number of rotatable bonds is 6. The van der Waals surface area contributed by atoms with Crippen LogP contribution in [0.25, 0.3) is 0 Å². The van der Waals surface area contributed by atoms with Gasteiger partial charge in [0.15, 0.2) is 18.2 Å². The Hall–Kier alpha value is -2.45. The highest BCUT2D eigenvalue weighted by Crippen LogP contribution is 2.24. The van der Waals surface area contributed by atoms with E-state index in [2.05, 4.69) is 5.43 Å². The fraction of sp³-hybridized carbons (Fsp3) is 0.235. The molecule has 0 saturated carbocycles. The number of carbonyl (C=O) groups is 1. The number of para-hydroxylation sites is 1. The Kier molecular flexibility index (Phi) is 5.00. The molecule has 0 atom stereocenters. The van der Waals surface area contributed by atoms with Gasteiger partial charge in [-0.2, -0.15) is 0 Å². The minimum Gasteiger partial charge on any atom is -0.481 e. The highest BCUT2D eigenvalue weighted by molar-refractivity contribution is 7.89. The number of aryl methyl sites for hydroxylation is 2. The van der Waals surface area contributed by atoms with Crippen molar-refractivity contribution in [2.45, 2.75) is 24.2 Å². The van der Waals surface area contributed by atoms with Gasteiger partial charge in [0.05, 0.1) is 4.90 Å². The number of fused-ring (bicyclic) bond motifs is 1. The minimum atomic E-state index is -3.88. The van der Waals surface area contributed by atoms with E-state index in [9.17, 15) is 17.6 Å². The van der Waals surface area contributed by atoms with E-state index in [1.807, 2.05) is 4.83 Å². The van der Waals surface area contributed by atoms with E-state index in [1.165, 1.54) is 24.3 Å². The molecule has 2 aromatic rings. The topological polar surface area (TPSA) is 84.5 Å².